The van der Waals surface area contributed by atoms with Crippen LogP contribution in [0.5, 0.6) is 23.0 Å². The number of benzene rings is 2. The van der Waals surface area contributed by atoms with Crippen LogP contribution < -0.4 is 10.2 Å². The van der Waals surface area contributed by atoms with Crippen molar-refractivity contribution in [1.82, 2.24) is 0 Å². The molecule has 6 N–H and O–H groups in total. The molecule has 1 aliphatic rings. The zero-order chi connectivity index (χ0) is 21.6. The van der Waals surface area contributed by atoms with Gasteiger partial charge >= 0.3 is 0 Å². The van der Waals surface area contributed by atoms with E-state index >= 15 is 0 Å². The van der Waals surface area contributed by atoms with Gasteiger partial charge in [0.25, 0.3) is 0 Å². The summed E-state index contributed by atoms with van der Waals surface area (Å²) in [5.74, 6) is -1.11. The number of hydrogen-bond acceptors (Lipinski definition) is 10. The predicted molar refractivity (Wildman–Crippen MR) is 101 cm³/mol. The molecule has 1 aromatic heterocycles. The van der Waals surface area contributed by atoms with Crippen LogP contribution in [0.15, 0.2) is 45.6 Å². The Morgan fingerprint density at radius 3 is 2.43 bits per heavy atom. The molecule has 1 saturated heterocycles. The van der Waals surface area contributed by atoms with E-state index in [1.807, 2.05) is 0 Å². The van der Waals surface area contributed by atoms with E-state index in [2.05, 4.69) is 0 Å². The van der Waals surface area contributed by atoms with Crippen molar-refractivity contribution in [2.45, 2.75) is 24.6 Å². The van der Waals surface area contributed by atoms with Crippen molar-refractivity contribution in [2.24, 2.45) is 0 Å². The molecule has 10 nitrogen and oxygen atoms in total. The number of ether oxygens (including phenoxy) is 2. The van der Waals surface area contributed by atoms with Crippen molar-refractivity contribution in [2.75, 3.05) is 6.61 Å². The van der Waals surface area contributed by atoms with Crippen molar-refractivity contribution in [3.63, 3.8) is 0 Å². The van der Waals surface area contributed by atoms with Gasteiger partial charge < -0.3 is 44.5 Å². The number of aromatic hydroxyl groups is 3. The number of fused-ring (bicyclic) bond motifs is 1. The minimum Gasteiger partial charge on any atom is -0.508 e. The lowest BCUT2D eigenvalue weighted by Gasteiger charge is -2.18. The van der Waals surface area contributed by atoms with E-state index in [-0.39, 0.29) is 34.0 Å². The highest BCUT2D eigenvalue weighted by atomic mass is 16.7. The van der Waals surface area contributed by atoms with Gasteiger partial charge in [-0.25, -0.2) is 0 Å². The van der Waals surface area contributed by atoms with E-state index in [0.29, 0.717) is 5.56 Å². The van der Waals surface area contributed by atoms with Gasteiger partial charge in [-0.15, -0.1) is 0 Å². The smallest absolute Gasteiger partial charge is 0.229 e. The average Bonchev–Trinajstić information content (AvgIpc) is 2.96. The van der Waals surface area contributed by atoms with Crippen molar-refractivity contribution in [1.29, 1.82) is 0 Å². The first-order valence-corrected chi connectivity index (χ1v) is 8.91. The molecule has 0 unspecified atom stereocenters. The lowest BCUT2D eigenvalue weighted by molar-refractivity contribution is -0.117. The second kappa shape index (κ2) is 7.50. The Morgan fingerprint density at radius 1 is 0.967 bits per heavy atom. The minimum atomic E-state index is -1.46. The molecular formula is C20H18O10. The summed E-state index contributed by atoms with van der Waals surface area (Å²) >= 11 is 0. The molecule has 3 aromatic rings. The second-order valence-corrected chi connectivity index (χ2v) is 6.82. The predicted octanol–water partition coefficient (Wildman–Crippen LogP) is 0.395. The van der Waals surface area contributed by atoms with Crippen LogP contribution in [0, 0.1) is 0 Å². The Kier molecular flexibility index (Phi) is 5.00. The number of aliphatic hydroxyl groups excluding tert-OH is 3. The second-order valence-electron chi connectivity index (χ2n) is 6.82. The van der Waals surface area contributed by atoms with Gasteiger partial charge in [-0.1, -0.05) is 0 Å². The summed E-state index contributed by atoms with van der Waals surface area (Å²) in [6, 6.07) is 7.34. The molecule has 30 heavy (non-hydrogen) atoms. The minimum absolute atomic E-state index is 0.0472. The maximum Gasteiger partial charge on any atom is 0.229 e. The molecule has 10 heteroatoms. The third-order valence-electron chi connectivity index (χ3n) is 4.78. The molecule has 0 bridgehead atoms. The standard InChI is InChI=1S/C20H18O10/c21-7-16-18(26)19(27)20(30-16)29-14-3-8(1-2-10(14)23)13-6-12(25)17-11(24)4-9(22)5-15(17)28-13/h1-6,16,18-24,26-27H,7H2/t16-,18+,19-,20-/m1/s1. The number of hydrogen-bond donors (Lipinski definition) is 6. The molecule has 0 saturated carbocycles. The van der Waals surface area contributed by atoms with Gasteiger partial charge in [-0.3, -0.25) is 4.79 Å². The molecule has 0 aliphatic carbocycles. The van der Waals surface area contributed by atoms with Gasteiger partial charge in [0.15, 0.2) is 16.9 Å². The van der Waals surface area contributed by atoms with Crippen LogP contribution >= 0.6 is 0 Å². The third-order valence-corrected chi connectivity index (χ3v) is 4.78. The molecule has 0 amide bonds. The average molecular weight is 418 g/mol. The maximum absolute atomic E-state index is 12.4. The Labute approximate surface area is 168 Å². The highest BCUT2D eigenvalue weighted by molar-refractivity contribution is 5.86. The van der Waals surface area contributed by atoms with E-state index in [9.17, 15) is 30.3 Å². The van der Waals surface area contributed by atoms with E-state index in [1.165, 1.54) is 24.3 Å². The Hall–Kier alpha value is -3.31. The molecule has 4 rings (SSSR count). The number of phenols is 3. The summed E-state index contributed by atoms with van der Waals surface area (Å²) in [6.07, 6.45) is -5.23. The normalized spacial score (nSPS) is 23.7. The van der Waals surface area contributed by atoms with Gasteiger partial charge in [-0.05, 0) is 18.2 Å². The fraction of sp³-hybridized carbons (Fsp3) is 0.250. The first-order chi connectivity index (χ1) is 14.3. The molecular weight excluding hydrogens is 400 g/mol. The van der Waals surface area contributed by atoms with Gasteiger partial charge in [0.2, 0.25) is 6.29 Å². The van der Waals surface area contributed by atoms with Gasteiger partial charge in [0.1, 0.15) is 46.5 Å². The Morgan fingerprint density at radius 2 is 1.73 bits per heavy atom. The molecule has 2 aromatic carbocycles. The molecule has 2 heterocycles. The van der Waals surface area contributed by atoms with E-state index in [1.54, 1.807) is 0 Å². The molecule has 1 fully saturated rings. The quantitative estimate of drug-likeness (QED) is 0.348. The third kappa shape index (κ3) is 3.42. The molecule has 1 aliphatic heterocycles. The van der Waals surface area contributed by atoms with Crippen LogP contribution in [-0.4, -0.2) is 61.8 Å². The van der Waals surface area contributed by atoms with E-state index < -0.39 is 42.4 Å². The maximum atomic E-state index is 12.4. The Bertz CT molecular complexity index is 1150. The van der Waals surface area contributed by atoms with E-state index in [4.69, 9.17) is 19.0 Å². The zero-order valence-electron chi connectivity index (χ0n) is 15.3. The fourth-order valence-corrected chi connectivity index (χ4v) is 3.25. The number of rotatable bonds is 4. The number of aliphatic hydroxyl groups is 3. The van der Waals surface area contributed by atoms with Gasteiger partial charge in [0, 0.05) is 23.8 Å². The lowest BCUT2D eigenvalue weighted by atomic mass is 10.1. The van der Waals surface area contributed by atoms with Crippen molar-refractivity contribution in [3.8, 4) is 34.3 Å². The SMILES string of the molecule is O=c1cc(-c2ccc(O)c(O[C@@H]3O[C@H](CO)[C@H](O)[C@H]3O)c2)oc2cc(O)cc(O)c12. The highest BCUT2D eigenvalue weighted by Crippen LogP contribution is 2.36. The first kappa shape index (κ1) is 20.0. The highest BCUT2D eigenvalue weighted by Gasteiger charge is 2.44. The van der Waals surface area contributed by atoms with Gasteiger partial charge in [0.05, 0.1) is 6.61 Å². The lowest BCUT2D eigenvalue weighted by Crippen LogP contribution is -2.35. The van der Waals surface area contributed by atoms with Crippen molar-refractivity contribution in [3.05, 3.63) is 46.6 Å². The summed E-state index contributed by atoms with van der Waals surface area (Å²) in [4.78, 5) is 12.4. The Balaban J connectivity index is 1.71. The van der Waals surface area contributed by atoms with Crippen LogP contribution in [0.1, 0.15) is 0 Å². The summed E-state index contributed by atoms with van der Waals surface area (Å²) in [5, 5.41) is 58.5. The topological polar surface area (TPSA) is 170 Å². The summed E-state index contributed by atoms with van der Waals surface area (Å²) in [5.41, 5.74) is -0.298. The van der Waals surface area contributed by atoms with Crippen LogP contribution in [0.3, 0.4) is 0 Å². The largest absolute Gasteiger partial charge is 0.508 e. The zero-order valence-corrected chi connectivity index (χ0v) is 15.3. The first-order valence-electron chi connectivity index (χ1n) is 8.91. The molecule has 158 valence electrons. The fourth-order valence-electron chi connectivity index (χ4n) is 3.25. The van der Waals surface area contributed by atoms with Crippen molar-refractivity contribution >= 4 is 11.0 Å². The molecule has 4 atom stereocenters. The summed E-state index contributed by atoms with van der Waals surface area (Å²) in [6.45, 7) is -0.536. The molecule has 0 spiro atoms. The van der Waals surface area contributed by atoms with Gasteiger partial charge in [-0.2, -0.15) is 0 Å². The van der Waals surface area contributed by atoms with Crippen LogP contribution in [-0.2, 0) is 4.74 Å². The van der Waals surface area contributed by atoms with Crippen LogP contribution in [0.2, 0.25) is 0 Å². The monoisotopic (exact) mass is 418 g/mol. The van der Waals surface area contributed by atoms with Crippen LogP contribution in [0.25, 0.3) is 22.3 Å². The summed E-state index contributed by atoms with van der Waals surface area (Å²) in [7, 11) is 0. The summed E-state index contributed by atoms with van der Waals surface area (Å²) < 4.78 is 16.3. The molecule has 0 radical (unpaired) electrons. The van der Waals surface area contributed by atoms with Crippen molar-refractivity contribution < 1.29 is 44.5 Å². The number of phenolic OH excluding ortho intramolecular Hbond substituents is 3. The van der Waals surface area contributed by atoms with E-state index in [0.717, 1.165) is 12.1 Å². The van der Waals surface area contributed by atoms with Crippen LogP contribution in [0.4, 0.5) is 0 Å².